The van der Waals surface area contributed by atoms with Crippen LogP contribution in [0.1, 0.15) is 9.67 Å². The number of imide groups is 1. The third kappa shape index (κ3) is 2.01. The van der Waals surface area contributed by atoms with Crippen molar-refractivity contribution in [1.82, 2.24) is 15.2 Å². The van der Waals surface area contributed by atoms with E-state index in [1.54, 1.807) is 0 Å². The van der Waals surface area contributed by atoms with Crippen LogP contribution in [-0.2, 0) is 9.59 Å². The number of hydrogen-bond donors (Lipinski definition) is 1. The molecule has 0 aromatic carbocycles. The van der Waals surface area contributed by atoms with Crippen molar-refractivity contribution in [3.05, 3.63) is 16.6 Å². The maximum absolute atomic E-state index is 11.7. The van der Waals surface area contributed by atoms with Crippen molar-refractivity contribution in [2.75, 3.05) is 13.1 Å². The Balaban J connectivity index is 2.14. The molecule has 1 aromatic rings. The van der Waals surface area contributed by atoms with E-state index in [9.17, 15) is 14.4 Å². The second-order valence-corrected chi connectivity index (χ2v) is 3.88. The van der Waals surface area contributed by atoms with Crippen molar-refractivity contribution in [2.24, 2.45) is 0 Å². The minimum absolute atomic E-state index is 0.0809. The van der Waals surface area contributed by atoms with Gasteiger partial charge in [0.2, 0.25) is 11.8 Å². The molecule has 1 aliphatic heterocycles. The number of carbonyl (C=O) groups is 3. The molecule has 15 heavy (non-hydrogen) atoms. The number of hydrogen-bond acceptors (Lipinski definition) is 5. The van der Waals surface area contributed by atoms with Gasteiger partial charge >= 0.3 is 0 Å². The molecule has 1 N–H and O–H groups in total. The van der Waals surface area contributed by atoms with Gasteiger partial charge in [0.25, 0.3) is 5.91 Å². The van der Waals surface area contributed by atoms with Gasteiger partial charge < -0.3 is 4.90 Å². The van der Waals surface area contributed by atoms with Crippen LogP contribution in [0.4, 0.5) is 0 Å². The molecule has 0 spiro atoms. The standard InChI is InChI=1S/C8H7N3O3S/c12-6-2-11(3-7(13)10-6)8(14)5-1-9-4-15-5/h1,4H,2-3H2,(H,10,12,13). The zero-order valence-corrected chi connectivity index (χ0v) is 8.41. The first kappa shape index (κ1) is 9.78. The smallest absolute Gasteiger partial charge is 0.266 e. The Bertz CT molecular complexity index is 399. The van der Waals surface area contributed by atoms with Crippen molar-refractivity contribution in [2.45, 2.75) is 0 Å². The summed E-state index contributed by atoms with van der Waals surface area (Å²) in [5, 5.41) is 2.13. The van der Waals surface area contributed by atoms with Gasteiger partial charge in [0.15, 0.2) is 0 Å². The molecular formula is C8H7N3O3S. The van der Waals surface area contributed by atoms with Crippen molar-refractivity contribution in [1.29, 1.82) is 0 Å². The predicted molar refractivity (Wildman–Crippen MR) is 51.2 cm³/mol. The van der Waals surface area contributed by atoms with Crippen LogP contribution in [-0.4, -0.2) is 40.7 Å². The summed E-state index contributed by atoms with van der Waals surface area (Å²) in [5.41, 5.74) is 1.53. The van der Waals surface area contributed by atoms with Crippen LogP contribution in [0.25, 0.3) is 0 Å². The van der Waals surface area contributed by atoms with E-state index in [2.05, 4.69) is 10.3 Å². The number of rotatable bonds is 1. The van der Waals surface area contributed by atoms with Crippen molar-refractivity contribution < 1.29 is 14.4 Å². The lowest BCUT2D eigenvalue weighted by atomic mass is 10.3. The number of nitrogens with one attached hydrogen (secondary N) is 1. The molecule has 0 radical (unpaired) electrons. The fourth-order valence-corrected chi connectivity index (χ4v) is 1.84. The molecule has 0 atom stereocenters. The number of aromatic nitrogens is 1. The summed E-state index contributed by atoms with van der Waals surface area (Å²) in [4.78, 5) is 39.1. The van der Waals surface area contributed by atoms with E-state index >= 15 is 0 Å². The monoisotopic (exact) mass is 225 g/mol. The molecule has 7 heteroatoms. The SMILES string of the molecule is O=C1CN(C(=O)c2cncs2)CC(=O)N1. The fraction of sp³-hybridized carbons (Fsp3) is 0.250. The highest BCUT2D eigenvalue weighted by Crippen LogP contribution is 2.10. The summed E-state index contributed by atoms with van der Waals surface area (Å²) >= 11 is 1.18. The molecule has 6 nitrogen and oxygen atoms in total. The molecule has 1 saturated heterocycles. The van der Waals surface area contributed by atoms with Gasteiger partial charge in [-0.2, -0.15) is 0 Å². The molecule has 0 aliphatic carbocycles. The molecule has 2 rings (SSSR count). The molecule has 1 aliphatic rings. The van der Waals surface area contributed by atoms with E-state index in [0.29, 0.717) is 4.88 Å². The van der Waals surface area contributed by atoms with E-state index < -0.39 is 11.8 Å². The molecule has 0 unspecified atom stereocenters. The van der Waals surface area contributed by atoms with E-state index in [1.165, 1.54) is 27.9 Å². The summed E-state index contributed by atoms with van der Waals surface area (Å²) in [6.45, 7) is -0.162. The van der Waals surface area contributed by atoms with Gasteiger partial charge in [-0.15, -0.1) is 11.3 Å². The Morgan fingerprint density at radius 3 is 2.60 bits per heavy atom. The number of carbonyl (C=O) groups excluding carboxylic acids is 3. The summed E-state index contributed by atoms with van der Waals surface area (Å²) in [6, 6.07) is 0. The number of thiazole rings is 1. The number of piperazine rings is 1. The lowest BCUT2D eigenvalue weighted by Crippen LogP contribution is -2.53. The van der Waals surface area contributed by atoms with Crippen LogP contribution < -0.4 is 5.32 Å². The number of nitrogens with zero attached hydrogens (tertiary/aromatic N) is 2. The molecule has 2 heterocycles. The van der Waals surface area contributed by atoms with Crippen LogP contribution >= 0.6 is 11.3 Å². The minimum Gasteiger partial charge on any atom is -0.319 e. The minimum atomic E-state index is -0.455. The maximum atomic E-state index is 11.7. The third-order valence-electron chi connectivity index (χ3n) is 1.88. The van der Waals surface area contributed by atoms with Crippen molar-refractivity contribution in [3.8, 4) is 0 Å². The zero-order chi connectivity index (χ0) is 10.8. The fourth-order valence-electron chi connectivity index (χ4n) is 1.26. The number of amides is 3. The zero-order valence-electron chi connectivity index (χ0n) is 7.60. The topological polar surface area (TPSA) is 79.4 Å². The van der Waals surface area contributed by atoms with Gasteiger partial charge in [0, 0.05) is 0 Å². The maximum Gasteiger partial charge on any atom is 0.266 e. The van der Waals surface area contributed by atoms with Crippen molar-refractivity contribution >= 4 is 29.1 Å². The first-order chi connectivity index (χ1) is 7.16. The third-order valence-corrected chi connectivity index (χ3v) is 2.64. The average molecular weight is 225 g/mol. The summed E-state index contributed by atoms with van der Waals surface area (Å²) in [7, 11) is 0. The first-order valence-electron chi connectivity index (χ1n) is 4.17. The molecule has 0 saturated carbocycles. The van der Waals surface area contributed by atoms with E-state index in [1.807, 2.05) is 0 Å². The molecular weight excluding hydrogens is 218 g/mol. The van der Waals surface area contributed by atoms with Crippen LogP contribution in [0.5, 0.6) is 0 Å². The highest BCUT2D eigenvalue weighted by molar-refractivity contribution is 7.11. The van der Waals surface area contributed by atoms with Crippen LogP contribution in [0, 0.1) is 0 Å². The van der Waals surface area contributed by atoms with Crippen molar-refractivity contribution in [3.63, 3.8) is 0 Å². The van der Waals surface area contributed by atoms with E-state index in [-0.39, 0.29) is 19.0 Å². The Morgan fingerprint density at radius 1 is 1.40 bits per heavy atom. The quantitative estimate of drug-likeness (QED) is 0.637. The summed E-state index contributed by atoms with van der Waals surface area (Å²) in [6.07, 6.45) is 1.42. The summed E-state index contributed by atoms with van der Waals surface area (Å²) in [5.74, 6) is -1.24. The Kier molecular flexibility index (Phi) is 2.46. The lowest BCUT2D eigenvalue weighted by molar-refractivity contribution is -0.135. The Hall–Kier alpha value is -1.76. The molecule has 78 valence electrons. The average Bonchev–Trinajstić information content (AvgIpc) is 2.67. The van der Waals surface area contributed by atoms with E-state index in [0.717, 1.165) is 0 Å². The second kappa shape index (κ2) is 3.77. The highest BCUT2D eigenvalue weighted by Gasteiger charge is 2.27. The van der Waals surface area contributed by atoms with Crippen LogP contribution in [0.2, 0.25) is 0 Å². The first-order valence-corrected chi connectivity index (χ1v) is 5.05. The van der Waals surface area contributed by atoms with Crippen LogP contribution in [0.3, 0.4) is 0 Å². The predicted octanol–water partition coefficient (Wildman–Crippen LogP) is -0.758. The molecule has 1 aromatic heterocycles. The van der Waals surface area contributed by atoms with Gasteiger partial charge in [-0.05, 0) is 0 Å². The van der Waals surface area contributed by atoms with E-state index in [4.69, 9.17) is 0 Å². The normalized spacial score (nSPS) is 16.4. The van der Waals surface area contributed by atoms with Gasteiger partial charge in [-0.3, -0.25) is 24.7 Å². The molecule has 1 fully saturated rings. The molecule has 0 bridgehead atoms. The van der Waals surface area contributed by atoms with Gasteiger partial charge in [0.05, 0.1) is 11.7 Å². The lowest BCUT2D eigenvalue weighted by Gasteiger charge is -2.24. The van der Waals surface area contributed by atoms with Crippen LogP contribution in [0.15, 0.2) is 11.7 Å². The second-order valence-electron chi connectivity index (χ2n) is 3.00. The summed E-state index contributed by atoms with van der Waals surface area (Å²) < 4.78 is 0. The highest BCUT2D eigenvalue weighted by atomic mass is 32.1. The largest absolute Gasteiger partial charge is 0.319 e. The molecule has 3 amide bonds. The van der Waals surface area contributed by atoms with Gasteiger partial charge in [-0.1, -0.05) is 0 Å². The van der Waals surface area contributed by atoms with Gasteiger partial charge in [-0.25, -0.2) is 0 Å². The Labute approximate surface area is 88.9 Å². The van der Waals surface area contributed by atoms with Gasteiger partial charge in [0.1, 0.15) is 18.0 Å². The Morgan fingerprint density at radius 2 is 2.07 bits per heavy atom.